The van der Waals surface area contributed by atoms with Gasteiger partial charge in [0, 0.05) is 16.2 Å². The van der Waals surface area contributed by atoms with E-state index in [1.54, 1.807) is 22.7 Å². The summed E-state index contributed by atoms with van der Waals surface area (Å²) in [6.45, 7) is 0.654. The summed E-state index contributed by atoms with van der Waals surface area (Å²) in [5, 5.41) is 6.99. The molecule has 1 N–H and O–H groups in total. The second-order valence-electron chi connectivity index (χ2n) is 3.44. The van der Waals surface area contributed by atoms with Gasteiger partial charge >= 0.3 is 0 Å². The summed E-state index contributed by atoms with van der Waals surface area (Å²) < 4.78 is 0. The van der Waals surface area contributed by atoms with E-state index >= 15 is 0 Å². The molecule has 0 aliphatic rings. The predicted octanol–water partition coefficient (Wildman–Crippen LogP) is 3.06. The number of carbonyl (C=O) groups is 1. The zero-order valence-electron chi connectivity index (χ0n) is 8.81. The first-order valence-corrected chi connectivity index (χ1v) is 6.92. The van der Waals surface area contributed by atoms with Gasteiger partial charge in [0.05, 0.1) is 6.54 Å². The first-order chi connectivity index (χ1) is 7.84. The minimum absolute atomic E-state index is 0.127. The van der Waals surface area contributed by atoms with Gasteiger partial charge in [-0.1, -0.05) is 12.1 Å². The highest BCUT2D eigenvalue weighted by Crippen LogP contribution is 2.11. The van der Waals surface area contributed by atoms with Gasteiger partial charge in [-0.2, -0.15) is 0 Å². The van der Waals surface area contributed by atoms with Crippen molar-refractivity contribution in [3.63, 3.8) is 0 Å². The lowest BCUT2D eigenvalue weighted by molar-refractivity contribution is -0.121. The number of hydrogen-bond acceptors (Lipinski definition) is 3. The largest absolute Gasteiger partial charge is 0.351 e. The number of amides is 1. The van der Waals surface area contributed by atoms with Gasteiger partial charge in [-0.25, -0.2) is 0 Å². The Morgan fingerprint density at radius 3 is 2.44 bits per heavy atom. The molecule has 2 rings (SSSR count). The summed E-state index contributed by atoms with van der Waals surface area (Å²) in [4.78, 5) is 14.0. The van der Waals surface area contributed by atoms with Gasteiger partial charge in [-0.15, -0.1) is 22.7 Å². The molecule has 0 fully saturated rings. The second-order valence-corrected chi connectivity index (χ2v) is 5.50. The first kappa shape index (κ1) is 11.4. The molecule has 0 unspecified atom stereocenters. The minimum atomic E-state index is 0.127. The molecule has 2 aromatic rings. The summed E-state index contributed by atoms with van der Waals surface area (Å²) in [5.41, 5.74) is 0. The van der Waals surface area contributed by atoms with Crippen LogP contribution in [0.1, 0.15) is 16.2 Å². The Bertz CT molecular complexity index is 380. The van der Waals surface area contributed by atoms with Crippen molar-refractivity contribution in [2.24, 2.45) is 0 Å². The maximum Gasteiger partial charge on any atom is 0.220 e. The van der Waals surface area contributed by atoms with Crippen molar-refractivity contribution in [3.05, 3.63) is 44.8 Å². The molecular weight excluding hydrogens is 238 g/mol. The van der Waals surface area contributed by atoms with E-state index < -0.39 is 0 Å². The summed E-state index contributed by atoms with van der Waals surface area (Å²) >= 11 is 3.37. The van der Waals surface area contributed by atoms with Crippen LogP contribution in [0.5, 0.6) is 0 Å². The average molecular weight is 251 g/mol. The molecule has 0 aliphatic heterocycles. The van der Waals surface area contributed by atoms with Crippen LogP contribution in [-0.2, 0) is 17.8 Å². The Hall–Kier alpha value is -1.13. The van der Waals surface area contributed by atoms with Crippen LogP contribution in [0.2, 0.25) is 0 Å². The fourth-order valence-electron chi connectivity index (χ4n) is 1.38. The third kappa shape index (κ3) is 3.47. The van der Waals surface area contributed by atoms with Gasteiger partial charge in [-0.05, 0) is 29.3 Å². The van der Waals surface area contributed by atoms with Gasteiger partial charge in [0.25, 0.3) is 0 Å². The molecule has 0 aliphatic carbocycles. The number of hydrogen-bond donors (Lipinski definition) is 1. The molecule has 2 nitrogen and oxygen atoms in total. The van der Waals surface area contributed by atoms with E-state index in [0.29, 0.717) is 13.0 Å². The Kier molecular flexibility index (Phi) is 4.13. The monoisotopic (exact) mass is 251 g/mol. The van der Waals surface area contributed by atoms with E-state index in [9.17, 15) is 4.79 Å². The van der Waals surface area contributed by atoms with Crippen molar-refractivity contribution < 1.29 is 4.79 Å². The van der Waals surface area contributed by atoms with E-state index in [2.05, 4.69) is 11.4 Å². The fraction of sp³-hybridized carbons (Fsp3) is 0.250. The predicted molar refractivity (Wildman–Crippen MR) is 68.8 cm³/mol. The zero-order valence-corrected chi connectivity index (χ0v) is 10.4. The second kappa shape index (κ2) is 5.82. The Morgan fingerprint density at radius 1 is 1.12 bits per heavy atom. The van der Waals surface area contributed by atoms with E-state index in [0.717, 1.165) is 6.42 Å². The molecule has 1 amide bonds. The van der Waals surface area contributed by atoms with E-state index in [4.69, 9.17) is 0 Å². The highest BCUT2D eigenvalue weighted by Gasteiger charge is 2.03. The summed E-state index contributed by atoms with van der Waals surface area (Å²) in [6.07, 6.45) is 1.42. The van der Waals surface area contributed by atoms with Gasteiger partial charge < -0.3 is 5.32 Å². The maximum atomic E-state index is 11.5. The number of thiophene rings is 2. The van der Waals surface area contributed by atoms with Crippen LogP contribution in [0, 0.1) is 0 Å². The molecular formula is C12H13NOS2. The lowest BCUT2D eigenvalue weighted by Crippen LogP contribution is -2.22. The third-order valence-corrected chi connectivity index (χ3v) is 4.03. The molecule has 2 aromatic heterocycles. The lowest BCUT2D eigenvalue weighted by Gasteiger charge is -2.02. The summed E-state index contributed by atoms with van der Waals surface area (Å²) in [6, 6.07) is 8.11. The molecule has 0 atom stereocenters. The van der Waals surface area contributed by atoms with Gasteiger partial charge in [0.1, 0.15) is 0 Å². The van der Waals surface area contributed by atoms with Crippen LogP contribution in [-0.4, -0.2) is 5.91 Å². The molecule has 0 aromatic carbocycles. The molecule has 16 heavy (non-hydrogen) atoms. The molecule has 0 saturated carbocycles. The van der Waals surface area contributed by atoms with Crippen LogP contribution in [0.3, 0.4) is 0 Å². The van der Waals surface area contributed by atoms with Gasteiger partial charge in [-0.3, -0.25) is 4.79 Å². The Morgan fingerprint density at radius 2 is 1.81 bits per heavy atom. The van der Waals surface area contributed by atoms with Crippen molar-refractivity contribution >= 4 is 28.6 Å². The van der Waals surface area contributed by atoms with E-state index in [1.165, 1.54) is 9.75 Å². The van der Waals surface area contributed by atoms with Crippen LogP contribution in [0.4, 0.5) is 0 Å². The molecule has 0 bridgehead atoms. The van der Waals surface area contributed by atoms with Gasteiger partial charge in [0.2, 0.25) is 5.91 Å². The Labute approximate surface area is 103 Å². The van der Waals surface area contributed by atoms with E-state index in [1.807, 2.05) is 29.0 Å². The van der Waals surface area contributed by atoms with Crippen LogP contribution >= 0.6 is 22.7 Å². The van der Waals surface area contributed by atoms with Crippen LogP contribution in [0.25, 0.3) is 0 Å². The first-order valence-electron chi connectivity index (χ1n) is 5.16. The van der Waals surface area contributed by atoms with Crippen molar-refractivity contribution in [1.82, 2.24) is 5.32 Å². The zero-order chi connectivity index (χ0) is 11.2. The molecule has 4 heteroatoms. The highest BCUT2D eigenvalue weighted by molar-refractivity contribution is 7.10. The average Bonchev–Trinajstić information content (AvgIpc) is 2.96. The number of aryl methyl sites for hydroxylation is 1. The number of nitrogens with one attached hydrogen (secondary N) is 1. The summed E-state index contributed by atoms with van der Waals surface area (Å²) in [5.74, 6) is 0.127. The van der Waals surface area contributed by atoms with Crippen LogP contribution < -0.4 is 5.32 Å². The quantitative estimate of drug-likeness (QED) is 0.869. The lowest BCUT2D eigenvalue weighted by atomic mass is 10.2. The molecule has 84 valence electrons. The van der Waals surface area contributed by atoms with Crippen molar-refractivity contribution in [2.75, 3.05) is 0 Å². The number of carbonyl (C=O) groups excluding carboxylic acids is 1. The smallest absolute Gasteiger partial charge is 0.220 e. The molecule has 2 heterocycles. The van der Waals surface area contributed by atoms with E-state index in [-0.39, 0.29) is 5.91 Å². The maximum absolute atomic E-state index is 11.5. The summed E-state index contributed by atoms with van der Waals surface area (Å²) in [7, 11) is 0. The van der Waals surface area contributed by atoms with Gasteiger partial charge in [0.15, 0.2) is 0 Å². The van der Waals surface area contributed by atoms with Crippen molar-refractivity contribution in [2.45, 2.75) is 19.4 Å². The van der Waals surface area contributed by atoms with Crippen LogP contribution in [0.15, 0.2) is 35.0 Å². The molecule has 0 radical (unpaired) electrons. The number of rotatable bonds is 5. The molecule has 0 spiro atoms. The fourth-order valence-corrected chi connectivity index (χ4v) is 2.73. The third-order valence-electron chi connectivity index (χ3n) is 2.22. The normalized spacial score (nSPS) is 10.2. The molecule has 0 saturated heterocycles. The minimum Gasteiger partial charge on any atom is -0.351 e. The van der Waals surface area contributed by atoms with Crippen molar-refractivity contribution in [1.29, 1.82) is 0 Å². The van der Waals surface area contributed by atoms with Crippen molar-refractivity contribution in [3.8, 4) is 0 Å². The SMILES string of the molecule is O=C(CCc1cccs1)NCc1cccs1. The topological polar surface area (TPSA) is 29.1 Å². The standard InChI is InChI=1S/C12H13NOS2/c14-12(6-5-10-3-1-7-15-10)13-9-11-4-2-8-16-11/h1-4,7-8H,5-6,9H2,(H,13,14). The highest BCUT2D eigenvalue weighted by atomic mass is 32.1. The Balaban J connectivity index is 1.69.